The second-order valence-corrected chi connectivity index (χ2v) is 4.58. The van der Waals surface area contributed by atoms with Gasteiger partial charge in [-0.3, -0.25) is 0 Å². The second kappa shape index (κ2) is 6.86. The average molecular weight is 274 g/mol. The van der Waals surface area contributed by atoms with Crippen molar-refractivity contribution in [3.63, 3.8) is 0 Å². The molecule has 5 heteroatoms. The topological polar surface area (TPSA) is 38.9 Å². The summed E-state index contributed by atoms with van der Waals surface area (Å²) in [6, 6.07) is 3.99. The van der Waals surface area contributed by atoms with E-state index in [0.29, 0.717) is 12.5 Å². The zero-order valence-electron chi connectivity index (χ0n) is 11.1. The molecule has 19 heavy (non-hydrogen) atoms. The maximum atomic E-state index is 5.68. The minimum atomic E-state index is 0.612. The molecule has 0 aliphatic carbocycles. The number of ether oxygens (including phenoxy) is 1. The summed E-state index contributed by atoms with van der Waals surface area (Å²) in [7, 11) is 1.98. The van der Waals surface area contributed by atoms with Crippen molar-refractivity contribution in [3.8, 4) is 29.0 Å². The molecule has 0 unspecified atom stereocenters. The van der Waals surface area contributed by atoms with Crippen LogP contribution in [-0.2, 0) is 7.05 Å². The van der Waals surface area contributed by atoms with E-state index in [1.165, 1.54) is 11.7 Å². The van der Waals surface area contributed by atoms with Crippen LogP contribution in [0.15, 0.2) is 24.5 Å². The Balaban J connectivity index is 2.03. The van der Waals surface area contributed by atoms with E-state index in [1.54, 1.807) is 0 Å². The van der Waals surface area contributed by atoms with Crippen molar-refractivity contribution in [1.29, 1.82) is 0 Å². The predicted molar refractivity (Wildman–Crippen MR) is 74.7 cm³/mol. The number of hydrogen-bond donors (Lipinski definition) is 0. The van der Waals surface area contributed by atoms with Crippen LogP contribution in [0.4, 0.5) is 0 Å². The summed E-state index contributed by atoms with van der Waals surface area (Å²) in [6.07, 6.45) is 5.74. The first-order chi connectivity index (χ1) is 9.31. The fourth-order valence-electron chi connectivity index (χ4n) is 1.63. The van der Waals surface area contributed by atoms with Crippen LogP contribution in [0.2, 0.25) is 0 Å². The molecule has 98 valence electrons. The van der Waals surface area contributed by atoms with Gasteiger partial charge in [-0.05, 0) is 19.4 Å². The molecule has 0 aliphatic heterocycles. The van der Waals surface area contributed by atoms with Crippen molar-refractivity contribution < 1.29 is 9.30 Å². The maximum Gasteiger partial charge on any atom is 0.254 e. The summed E-state index contributed by atoms with van der Waals surface area (Å²) in [5.74, 6) is 6.50. The number of hydrogen-bond acceptors (Lipinski definition) is 4. The molecule has 0 aromatic carbocycles. The third kappa shape index (κ3) is 3.76. The summed E-state index contributed by atoms with van der Waals surface area (Å²) in [5.41, 5.74) is 1.82. The highest BCUT2D eigenvalue weighted by Crippen LogP contribution is 2.26. The minimum Gasteiger partial charge on any atom is -0.475 e. The lowest BCUT2D eigenvalue weighted by molar-refractivity contribution is -0.671. The highest BCUT2D eigenvalue weighted by Gasteiger charge is 2.14. The normalized spacial score (nSPS) is 9.79. The van der Waals surface area contributed by atoms with Crippen molar-refractivity contribution in [1.82, 2.24) is 8.75 Å². The van der Waals surface area contributed by atoms with Crippen LogP contribution in [0, 0.1) is 11.8 Å². The lowest BCUT2D eigenvalue weighted by atomic mass is 10.2. The van der Waals surface area contributed by atoms with Crippen LogP contribution in [0.25, 0.3) is 11.3 Å². The SMILES string of the molecule is CC#CCCCOc1nsnc1-c1ccc[n+](C)c1. The molecule has 2 aromatic rings. The van der Waals surface area contributed by atoms with Crippen molar-refractivity contribution in [2.24, 2.45) is 7.05 Å². The Morgan fingerprint density at radius 2 is 2.32 bits per heavy atom. The van der Waals surface area contributed by atoms with Crippen LogP contribution in [-0.4, -0.2) is 15.4 Å². The Hall–Kier alpha value is -1.93. The van der Waals surface area contributed by atoms with E-state index in [2.05, 4.69) is 20.6 Å². The average Bonchev–Trinajstić information content (AvgIpc) is 2.87. The van der Waals surface area contributed by atoms with Gasteiger partial charge in [0.2, 0.25) is 0 Å². The lowest BCUT2D eigenvalue weighted by Crippen LogP contribution is -2.26. The number of pyridine rings is 1. The molecule has 0 bridgehead atoms. The predicted octanol–water partition coefficient (Wildman–Crippen LogP) is 2.21. The summed E-state index contributed by atoms with van der Waals surface area (Å²) < 4.78 is 16.2. The van der Waals surface area contributed by atoms with Crippen LogP contribution < -0.4 is 9.30 Å². The maximum absolute atomic E-state index is 5.68. The smallest absolute Gasteiger partial charge is 0.254 e. The number of rotatable bonds is 5. The van der Waals surface area contributed by atoms with Gasteiger partial charge in [0.05, 0.1) is 23.9 Å². The molecular formula is C14H16N3OS+. The monoisotopic (exact) mass is 274 g/mol. The molecule has 4 nitrogen and oxygen atoms in total. The Morgan fingerprint density at radius 1 is 1.42 bits per heavy atom. The summed E-state index contributed by atoms with van der Waals surface area (Å²) >= 11 is 1.17. The Kier molecular flexibility index (Phi) is 4.87. The highest BCUT2D eigenvalue weighted by molar-refractivity contribution is 6.99. The number of aryl methyl sites for hydroxylation is 1. The molecule has 2 heterocycles. The van der Waals surface area contributed by atoms with Gasteiger partial charge >= 0.3 is 0 Å². The Labute approximate surface area is 117 Å². The first kappa shape index (κ1) is 13.5. The molecule has 2 aromatic heterocycles. The van der Waals surface area contributed by atoms with Gasteiger partial charge in [-0.15, -0.1) is 16.2 Å². The van der Waals surface area contributed by atoms with Gasteiger partial charge in [-0.1, -0.05) is 0 Å². The van der Waals surface area contributed by atoms with Crippen molar-refractivity contribution in [2.75, 3.05) is 6.61 Å². The van der Waals surface area contributed by atoms with Crippen LogP contribution in [0.5, 0.6) is 5.88 Å². The molecule has 0 amide bonds. The minimum absolute atomic E-state index is 0.612. The Bertz CT molecular complexity index is 598. The number of nitrogens with zero attached hydrogens (tertiary/aromatic N) is 3. The molecule has 0 spiro atoms. The third-order valence-corrected chi connectivity index (χ3v) is 3.04. The molecule has 0 aliphatic rings. The van der Waals surface area contributed by atoms with E-state index in [4.69, 9.17) is 4.74 Å². The molecule has 0 fully saturated rings. The number of unbranched alkanes of at least 4 members (excludes halogenated alkanes) is 1. The molecule has 0 radical (unpaired) electrons. The summed E-state index contributed by atoms with van der Waals surface area (Å²) in [6.45, 7) is 2.46. The van der Waals surface area contributed by atoms with E-state index >= 15 is 0 Å². The fraction of sp³-hybridized carbons (Fsp3) is 0.357. The second-order valence-electron chi connectivity index (χ2n) is 4.05. The molecule has 0 N–H and O–H groups in total. The highest BCUT2D eigenvalue weighted by atomic mass is 32.1. The Morgan fingerprint density at radius 3 is 3.11 bits per heavy atom. The van der Waals surface area contributed by atoms with E-state index in [-0.39, 0.29) is 0 Å². The van der Waals surface area contributed by atoms with Gasteiger partial charge in [0.1, 0.15) is 7.05 Å². The zero-order valence-corrected chi connectivity index (χ0v) is 11.9. The van der Waals surface area contributed by atoms with Gasteiger partial charge in [0.15, 0.2) is 18.1 Å². The number of aromatic nitrogens is 3. The van der Waals surface area contributed by atoms with Gasteiger partial charge in [-0.25, -0.2) is 4.57 Å². The van der Waals surface area contributed by atoms with Crippen molar-refractivity contribution in [2.45, 2.75) is 19.8 Å². The van der Waals surface area contributed by atoms with Crippen molar-refractivity contribution in [3.05, 3.63) is 24.5 Å². The van der Waals surface area contributed by atoms with Crippen molar-refractivity contribution >= 4 is 11.7 Å². The first-order valence-electron chi connectivity index (χ1n) is 6.12. The molecule has 0 saturated carbocycles. The zero-order chi connectivity index (χ0) is 13.5. The largest absolute Gasteiger partial charge is 0.475 e. The van der Waals surface area contributed by atoms with Gasteiger partial charge in [0, 0.05) is 12.5 Å². The van der Waals surface area contributed by atoms with Crippen LogP contribution in [0.1, 0.15) is 19.8 Å². The molecule has 2 rings (SSSR count). The summed E-state index contributed by atoms with van der Waals surface area (Å²) in [4.78, 5) is 0. The van der Waals surface area contributed by atoms with E-state index in [0.717, 1.165) is 24.1 Å². The molecular weight excluding hydrogens is 258 g/mol. The third-order valence-electron chi connectivity index (χ3n) is 2.53. The standard InChI is InChI=1S/C14H16N3OS/c1-3-4-5-6-10-18-14-13(15-19-16-14)12-8-7-9-17(2)11-12/h7-9,11H,5-6,10H2,1-2H3/q+1. The molecule has 0 saturated heterocycles. The quantitative estimate of drug-likeness (QED) is 0.477. The van der Waals surface area contributed by atoms with Crippen LogP contribution >= 0.6 is 11.7 Å². The molecule has 0 atom stereocenters. The van der Waals surface area contributed by atoms with Gasteiger partial charge < -0.3 is 4.74 Å². The van der Waals surface area contributed by atoms with Gasteiger partial charge in [0.25, 0.3) is 5.88 Å². The van der Waals surface area contributed by atoms with E-state index < -0.39 is 0 Å². The first-order valence-corrected chi connectivity index (χ1v) is 6.85. The van der Waals surface area contributed by atoms with Gasteiger partial charge in [-0.2, -0.15) is 4.37 Å². The fourth-order valence-corrected chi connectivity index (χ4v) is 2.15. The van der Waals surface area contributed by atoms with Crippen LogP contribution in [0.3, 0.4) is 0 Å². The summed E-state index contributed by atoms with van der Waals surface area (Å²) in [5, 5.41) is 0. The van der Waals surface area contributed by atoms with E-state index in [1.807, 2.05) is 43.1 Å². The lowest BCUT2D eigenvalue weighted by Gasteiger charge is -2.02. The van der Waals surface area contributed by atoms with E-state index in [9.17, 15) is 0 Å².